The molecule has 0 aliphatic rings. The zero-order chi connectivity index (χ0) is 13.1. The molecule has 18 heavy (non-hydrogen) atoms. The minimum atomic E-state index is -0.445. The van der Waals surface area contributed by atoms with Gasteiger partial charge in [0.2, 0.25) is 0 Å². The number of aromatic nitrogens is 1. The number of hydrogen-bond donors (Lipinski definition) is 2. The first-order chi connectivity index (χ1) is 8.56. The van der Waals surface area contributed by atoms with E-state index in [4.69, 9.17) is 11.6 Å². The fourth-order valence-corrected chi connectivity index (χ4v) is 1.73. The molecular weight excluding hydrogens is 320 g/mol. The van der Waals surface area contributed by atoms with Crippen LogP contribution >= 0.6 is 27.5 Å². The predicted molar refractivity (Wildman–Crippen MR) is 73.0 cm³/mol. The normalized spacial score (nSPS) is 10.1. The quantitative estimate of drug-likeness (QED) is 0.888. The lowest BCUT2D eigenvalue weighted by Crippen LogP contribution is -2.12. The summed E-state index contributed by atoms with van der Waals surface area (Å²) in [5, 5.41) is 12.5. The smallest absolute Gasteiger partial charge is 0.260 e. The Bertz CT molecular complexity index is 587. The summed E-state index contributed by atoms with van der Waals surface area (Å²) in [5.74, 6) is -0.214. The SMILES string of the molecule is O=C(Nc1ccc(Br)cn1)c1ccc(Cl)cc1O. The maximum Gasteiger partial charge on any atom is 0.260 e. The Labute approximate surface area is 117 Å². The molecule has 0 aliphatic heterocycles. The van der Waals surface area contributed by atoms with E-state index < -0.39 is 5.91 Å². The van der Waals surface area contributed by atoms with Crippen LogP contribution in [0.2, 0.25) is 5.02 Å². The summed E-state index contributed by atoms with van der Waals surface area (Å²) in [6, 6.07) is 7.70. The van der Waals surface area contributed by atoms with Gasteiger partial charge < -0.3 is 10.4 Å². The molecule has 0 unspecified atom stereocenters. The van der Waals surface area contributed by atoms with Crippen LogP contribution in [0.4, 0.5) is 5.82 Å². The Kier molecular flexibility index (Phi) is 3.84. The molecule has 0 fully saturated rings. The van der Waals surface area contributed by atoms with Crippen molar-refractivity contribution in [2.45, 2.75) is 0 Å². The van der Waals surface area contributed by atoms with E-state index in [-0.39, 0.29) is 11.3 Å². The van der Waals surface area contributed by atoms with Crippen molar-refractivity contribution in [3.05, 3.63) is 51.6 Å². The molecule has 0 saturated heterocycles. The third-order valence-corrected chi connectivity index (χ3v) is 2.88. The van der Waals surface area contributed by atoms with Crippen molar-refractivity contribution in [3.63, 3.8) is 0 Å². The maximum atomic E-state index is 11.9. The zero-order valence-corrected chi connectivity index (χ0v) is 11.4. The van der Waals surface area contributed by atoms with E-state index in [0.29, 0.717) is 10.8 Å². The number of phenolic OH excluding ortho intramolecular Hbond substituents is 1. The lowest BCUT2D eigenvalue weighted by Gasteiger charge is -2.06. The number of halogens is 2. The van der Waals surface area contributed by atoms with E-state index in [2.05, 4.69) is 26.2 Å². The lowest BCUT2D eigenvalue weighted by molar-refractivity contribution is 0.102. The molecule has 1 heterocycles. The molecule has 0 spiro atoms. The molecule has 1 amide bonds. The molecule has 2 rings (SSSR count). The maximum absolute atomic E-state index is 11.9. The van der Waals surface area contributed by atoms with Gasteiger partial charge in [-0.05, 0) is 46.3 Å². The largest absolute Gasteiger partial charge is 0.507 e. The molecule has 0 atom stereocenters. The number of carbonyl (C=O) groups is 1. The number of aromatic hydroxyl groups is 1. The average Bonchev–Trinajstić information content (AvgIpc) is 2.32. The van der Waals surface area contributed by atoms with Crippen molar-refractivity contribution >= 4 is 39.3 Å². The fourth-order valence-electron chi connectivity index (χ4n) is 1.33. The first-order valence-electron chi connectivity index (χ1n) is 4.97. The van der Waals surface area contributed by atoms with E-state index >= 15 is 0 Å². The molecule has 1 aromatic carbocycles. The van der Waals surface area contributed by atoms with Crippen LogP contribution in [0.3, 0.4) is 0 Å². The number of carbonyl (C=O) groups excluding carboxylic acids is 1. The van der Waals surface area contributed by atoms with Crippen LogP contribution in [-0.4, -0.2) is 16.0 Å². The van der Waals surface area contributed by atoms with Crippen molar-refractivity contribution in [3.8, 4) is 5.75 Å². The number of nitrogens with one attached hydrogen (secondary N) is 1. The molecule has 92 valence electrons. The summed E-state index contributed by atoms with van der Waals surface area (Å²) in [5.41, 5.74) is 0.143. The number of anilines is 1. The second-order valence-corrected chi connectivity index (χ2v) is 4.83. The van der Waals surface area contributed by atoms with Gasteiger partial charge >= 0.3 is 0 Å². The Morgan fingerprint density at radius 3 is 2.72 bits per heavy atom. The standard InChI is InChI=1S/C12H8BrClN2O2/c13-7-1-4-11(15-6-7)16-12(18)9-3-2-8(14)5-10(9)17/h1-6,17H,(H,15,16,18). The molecule has 2 N–H and O–H groups in total. The van der Waals surface area contributed by atoms with E-state index in [1.54, 1.807) is 18.3 Å². The Morgan fingerprint density at radius 2 is 2.11 bits per heavy atom. The minimum Gasteiger partial charge on any atom is -0.507 e. The number of phenols is 1. The zero-order valence-electron chi connectivity index (χ0n) is 9.02. The van der Waals surface area contributed by atoms with Gasteiger partial charge in [0.15, 0.2) is 0 Å². The van der Waals surface area contributed by atoms with Gasteiger partial charge in [0, 0.05) is 15.7 Å². The average molecular weight is 328 g/mol. The van der Waals surface area contributed by atoms with Crippen molar-refractivity contribution in [1.82, 2.24) is 4.98 Å². The van der Waals surface area contributed by atoms with Gasteiger partial charge in [-0.2, -0.15) is 0 Å². The first-order valence-corrected chi connectivity index (χ1v) is 6.15. The Hall–Kier alpha value is -1.59. The van der Waals surface area contributed by atoms with Gasteiger partial charge in [0.05, 0.1) is 5.56 Å². The third-order valence-electron chi connectivity index (χ3n) is 2.17. The highest BCUT2D eigenvalue weighted by Gasteiger charge is 2.11. The van der Waals surface area contributed by atoms with Gasteiger partial charge in [-0.1, -0.05) is 11.6 Å². The number of hydrogen-bond acceptors (Lipinski definition) is 3. The number of nitrogens with zero attached hydrogens (tertiary/aromatic N) is 1. The van der Waals surface area contributed by atoms with Crippen molar-refractivity contribution in [2.24, 2.45) is 0 Å². The highest BCUT2D eigenvalue weighted by Crippen LogP contribution is 2.22. The molecule has 0 saturated carbocycles. The molecule has 4 nitrogen and oxygen atoms in total. The van der Waals surface area contributed by atoms with Crippen LogP contribution in [0, 0.1) is 0 Å². The summed E-state index contributed by atoms with van der Waals surface area (Å²) in [6.07, 6.45) is 1.57. The predicted octanol–water partition coefficient (Wildman–Crippen LogP) is 3.46. The molecular formula is C12H8BrClN2O2. The lowest BCUT2D eigenvalue weighted by atomic mass is 10.2. The number of rotatable bonds is 2. The van der Waals surface area contributed by atoms with Crippen LogP contribution in [-0.2, 0) is 0 Å². The minimum absolute atomic E-state index is 0.143. The van der Waals surface area contributed by atoms with Gasteiger partial charge in [-0.3, -0.25) is 4.79 Å². The van der Waals surface area contributed by atoms with E-state index in [1.165, 1.54) is 18.2 Å². The number of pyridine rings is 1. The molecule has 0 bridgehead atoms. The topological polar surface area (TPSA) is 62.2 Å². The number of benzene rings is 1. The molecule has 1 aromatic heterocycles. The van der Waals surface area contributed by atoms with Crippen LogP contribution in [0.1, 0.15) is 10.4 Å². The molecule has 2 aromatic rings. The van der Waals surface area contributed by atoms with Gasteiger partial charge in [-0.25, -0.2) is 4.98 Å². The molecule has 6 heteroatoms. The second-order valence-electron chi connectivity index (χ2n) is 3.48. The molecule has 0 radical (unpaired) electrons. The Balaban J connectivity index is 2.19. The van der Waals surface area contributed by atoms with Crippen molar-refractivity contribution in [1.29, 1.82) is 0 Å². The highest BCUT2D eigenvalue weighted by atomic mass is 79.9. The van der Waals surface area contributed by atoms with Crippen LogP contribution in [0.15, 0.2) is 41.0 Å². The van der Waals surface area contributed by atoms with E-state index in [1.807, 2.05) is 0 Å². The first kappa shape index (κ1) is 12.9. The number of amides is 1. The van der Waals surface area contributed by atoms with Crippen LogP contribution in [0.25, 0.3) is 0 Å². The summed E-state index contributed by atoms with van der Waals surface area (Å²) in [4.78, 5) is 15.9. The summed E-state index contributed by atoms with van der Waals surface area (Å²) in [7, 11) is 0. The Morgan fingerprint density at radius 1 is 1.33 bits per heavy atom. The van der Waals surface area contributed by atoms with Gasteiger partial charge in [0.25, 0.3) is 5.91 Å². The van der Waals surface area contributed by atoms with Crippen molar-refractivity contribution in [2.75, 3.05) is 5.32 Å². The summed E-state index contributed by atoms with van der Waals surface area (Å²) < 4.78 is 0.815. The fraction of sp³-hybridized carbons (Fsp3) is 0. The molecule has 0 aliphatic carbocycles. The van der Waals surface area contributed by atoms with Gasteiger partial charge in [-0.15, -0.1) is 0 Å². The van der Waals surface area contributed by atoms with E-state index in [0.717, 1.165) is 4.47 Å². The summed E-state index contributed by atoms with van der Waals surface area (Å²) in [6.45, 7) is 0. The van der Waals surface area contributed by atoms with Crippen molar-refractivity contribution < 1.29 is 9.90 Å². The monoisotopic (exact) mass is 326 g/mol. The summed E-state index contributed by atoms with van der Waals surface area (Å²) >= 11 is 8.94. The highest BCUT2D eigenvalue weighted by molar-refractivity contribution is 9.10. The van der Waals surface area contributed by atoms with Crippen LogP contribution < -0.4 is 5.32 Å². The van der Waals surface area contributed by atoms with Crippen LogP contribution in [0.5, 0.6) is 5.75 Å². The third kappa shape index (κ3) is 3.00. The van der Waals surface area contributed by atoms with Gasteiger partial charge in [0.1, 0.15) is 11.6 Å². The van der Waals surface area contributed by atoms with E-state index in [9.17, 15) is 9.90 Å². The second kappa shape index (κ2) is 5.37.